The van der Waals surface area contributed by atoms with E-state index in [9.17, 15) is 4.79 Å². The Hall–Kier alpha value is -1.79. The molecular formula is C18H18BrN3OS. The van der Waals surface area contributed by atoms with Crippen LogP contribution in [0.3, 0.4) is 0 Å². The molecule has 3 rings (SSSR count). The Morgan fingerprint density at radius 3 is 2.88 bits per heavy atom. The molecule has 0 saturated heterocycles. The molecule has 1 aromatic carbocycles. The first-order valence-electron chi connectivity index (χ1n) is 7.98. The van der Waals surface area contributed by atoms with Gasteiger partial charge in [0.2, 0.25) is 0 Å². The van der Waals surface area contributed by atoms with Gasteiger partial charge in [-0.05, 0) is 42.7 Å². The number of hydrogen-bond donors (Lipinski definition) is 1. The number of amides is 1. The van der Waals surface area contributed by atoms with E-state index < -0.39 is 0 Å². The largest absolute Gasteiger partial charge is 0.296 e. The maximum Gasteiger partial charge on any atom is 0.276 e. The summed E-state index contributed by atoms with van der Waals surface area (Å²) >= 11 is 4.89. The summed E-state index contributed by atoms with van der Waals surface area (Å²) in [6.45, 7) is 2.19. The Labute approximate surface area is 153 Å². The molecule has 6 heteroatoms. The number of aromatic nitrogens is 2. The number of fused-ring (bicyclic) bond motifs is 1. The minimum absolute atomic E-state index is 0.228. The maximum atomic E-state index is 12.3. The molecule has 1 amide bonds. The number of unbranched alkanes of at least 4 members (excludes halogenated alkanes) is 2. The average Bonchev–Trinajstić information content (AvgIpc) is 2.97. The van der Waals surface area contributed by atoms with Crippen LogP contribution in [0.5, 0.6) is 0 Å². The summed E-state index contributed by atoms with van der Waals surface area (Å²) in [5, 5.41) is 3.41. The van der Waals surface area contributed by atoms with Gasteiger partial charge in [0.25, 0.3) is 5.91 Å². The van der Waals surface area contributed by atoms with E-state index in [-0.39, 0.29) is 5.91 Å². The quantitative estimate of drug-likeness (QED) is 0.557. The number of thiazole rings is 1. The first-order chi connectivity index (χ1) is 11.7. The minimum atomic E-state index is -0.228. The van der Waals surface area contributed by atoms with Crippen LogP contribution in [0, 0.1) is 0 Å². The summed E-state index contributed by atoms with van der Waals surface area (Å²) in [6, 6.07) is 9.61. The van der Waals surface area contributed by atoms with E-state index in [4.69, 9.17) is 0 Å². The molecule has 0 bridgehead atoms. The molecule has 1 N–H and O–H groups in total. The van der Waals surface area contributed by atoms with Gasteiger partial charge in [-0.25, -0.2) is 4.98 Å². The molecule has 0 atom stereocenters. The zero-order chi connectivity index (χ0) is 16.9. The first-order valence-corrected chi connectivity index (χ1v) is 9.59. The molecule has 2 aromatic heterocycles. The lowest BCUT2D eigenvalue weighted by atomic mass is 10.1. The van der Waals surface area contributed by atoms with Crippen LogP contribution in [0.2, 0.25) is 0 Å². The molecule has 3 aromatic rings. The van der Waals surface area contributed by atoms with Crippen molar-refractivity contribution < 1.29 is 4.79 Å². The number of anilines is 1. The summed E-state index contributed by atoms with van der Waals surface area (Å²) in [5.41, 5.74) is 2.46. The van der Waals surface area contributed by atoms with Crippen molar-refractivity contribution in [2.45, 2.75) is 32.6 Å². The van der Waals surface area contributed by atoms with Crippen molar-refractivity contribution in [1.29, 1.82) is 0 Å². The molecule has 0 aliphatic carbocycles. The molecule has 4 nitrogen and oxygen atoms in total. The summed E-state index contributed by atoms with van der Waals surface area (Å²) in [6.07, 6.45) is 6.38. The van der Waals surface area contributed by atoms with E-state index in [1.165, 1.54) is 29.7 Å². The number of aryl methyl sites for hydroxylation is 1. The second-order valence-corrected chi connectivity index (χ2v) is 7.54. The third-order valence-corrected chi connectivity index (χ3v) is 5.12. The van der Waals surface area contributed by atoms with Crippen LogP contribution in [0.15, 0.2) is 41.0 Å². The highest BCUT2D eigenvalue weighted by atomic mass is 79.9. The number of nitrogens with one attached hydrogen (secondary N) is 1. The van der Waals surface area contributed by atoms with Crippen molar-refractivity contribution in [3.8, 4) is 0 Å². The summed E-state index contributed by atoms with van der Waals surface area (Å²) < 4.78 is 2.02. The lowest BCUT2D eigenvalue weighted by Crippen LogP contribution is -2.13. The fraction of sp³-hybridized carbons (Fsp3) is 0.278. The van der Waals surface area contributed by atoms with E-state index in [0.717, 1.165) is 27.5 Å². The second kappa shape index (κ2) is 7.85. The zero-order valence-electron chi connectivity index (χ0n) is 13.4. The minimum Gasteiger partial charge on any atom is -0.296 e. The number of nitrogens with zero attached hydrogens (tertiary/aromatic N) is 2. The summed E-state index contributed by atoms with van der Waals surface area (Å²) in [5.74, 6) is -0.228. The van der Waals surface area contributed by atoms with Crippen LogP contribution >= 0.6 is 27.3 Å². The molecule has 0 radical (unpaired) electrons. The van der Waals surface area contributed by atoms with Gasteiger partial charge in [0.15, 0.2) is 5.13 Å². The number of halogens is 1. The van der Waals surface area contributed by atoms with Crippen molar-refractivity contribution in [3.05, 3.63) is 52.3 Å². The Morgan fingerprint density at radius 1 is 1.25 bits per heavy atom. The van der Waals surface area contributed by atoms with Gasteiger partial charge in [-0.2, -0.15) is 0 Å². The van der Waals surface area contributed by atoms with Gasteiger partial charge in [0.05, 0.1) is 10.2 Å². The van der Waals surface area contributed by atoms with Gasteiger partial charge in [0.1, 0.15) is 5.69 Å². The van der Waals surface area contributed by atoms with Gasteiger partial charge in [0, 0.05) is 10.7 Å². The van der Waals surface area contributed by atoms with E-state index in [0.29, 0.717) is 10.8 Å². The topological polar surface area (TPSA) is 54.9 Å². The molecule has 0 saturated carbocycles. The van der Waals surface area contributed by atoms with Crippen LogP contribution < -0.4 is 5.32 Å². The smallest absolute Gasteiger partial charge is 0.276 e. The van der Waals surface area contributed by atoms with E-state index >= 15 is 0 Å². The highest BCUT2D eigenvalue weighted by Crippen LogP contribution is 2.28. The van der Waals surface area contributed by atoms with Crippen molar-refractivity contribution >= 4 is 48.5 Å². The summed E-state index contributed by atoms with van der Waals surface area (Å²) in [4.78, 5) is 21.0. The monoisotopic (exact) mass is 403 g/mol. The van der Waals surface area contributed by atoms with Gasteiger partial charge in [-0.15, -0.1) is 0 Å². The molecule has 0 spiro atoms. The second-order valence-electron chi connectivity index (χ2n) is 5.59. The van der Waals surface area contributed by atoms with Crippen molar-refractivity contribution in [1.82, 2.24) is 9.97 Å². The van der Waals surface area contributed by atoms with Crippen LogP contribution in [0.25, 0.3) is 10.2 Å². The number of carbonyl (C=O) groups excluding carboxylic acids is 1. The van der Waals surface area contributed by atoms with E-state index in [1.54, 1.807) is 12.3 Å². The standard InChI is InChI=1S/C18H18BrN3OS/c1-2-3-4-5-12-6-8-15(20-11-12)17(23)22-18-21-14-9-7-13(19)10-16(14)24-18/h6-11H,2-5H2,1H3,(H,21,22,23). The van der Waals surface area contributed by atoms with Crippen molar-refractivity contribution in [2.24, 2.45) is 0 Å². The highest BCUT2D eigenvalue weighted by molar-refractivity contribution is 9.10. The number of pyridine rings is 1. The highest BCUT2D eigenvalue weighted by Gasteiger charge is 2.11. The molecule has 24 heavy (non-hydrogen) atoms. The molecule has 0 fully saturated rings. The maximum absolute atomic E-state index is 12.3. The molecule has 0 aliphatic rings. The molecule has 0 unspecified atom stereocenters. The molecule has 124 valence electrons. The fourth-order valence-corrected chi connectivity index (χ4v) is 3.81. The molecular weight excluding hydrogens is 386 g/mol. The third-order valence-electron chi connectivity index (χ3n) is 3.70. The number of hydrogen-bond acceptors (Lipinski definition) is 4. The first kappa shape index (κ1) is 17.0. The van der Waals surface area contributed by atoms with Crippen LogP contribution in [0.4, 0.5) is 5.13 Å². The van der Waals surface area contributed by atoms with Gasteiger partial charge >= 0.3 is 0 Å². The Morgan fingerprint density at radius 2 is 2.12 bits per heavy atom. The molecule has 2 heterocycles. The zero-order valence-corrected chi connectivity index (χ0v) is 15.8. The number of benzene rings is 1. The van der Waals surface area contributed by atoms with Gasteiger partial charge in [-0.1, -0.05) is 53.1 Å². The van der Waals surface area contributed by atoms with E-state index in [2.05, 4.69) is 38.1 Å². The summed E-state index contributed by atoms with van der Waals surface area (Å²) in [7, 11) is 0. The van der Waals surface area contributed by atoms with Gasteiger partial charge in [-0.3, -0.25) is 15.1 Å². The Balaban J connectivity index is 1.67. The van der Waals surface area contributed by atoms with Crippen LogP contribution in [-0.2, 0) is 6.42 Å². The lowest BCUT2D eigenvalue weighted by molar-refractivity contribution is 0.102. The number of rotatable bonds is 6. The third kappa shape index (κ3) is 4.19. The normalized spacial score (nSPS) is 10.9. The average molecular weight is 404 g/mol. The predicted molar refractivity (Wildman–Crippen MR) is 103 cm³/mol. The SMILES string of the molecule is CCCCCc1ccc(C(=O)Nc2nc3ccc(Br)cc3s2)nc1. The fourth-order valence-electron chi connectivity index (χ4n) is 2.40. The van der Waals surface area contributed by atoms with Crippen LogP contribution in [0.1, 0.15) is 42.2 Å². The van der Waals surface area contributed by atoms with Crippen molar-refractivity contribution in [2.75, 3.05) is 5.32 Å². The van der Waals surface area contributed by atoms with Crippen molar-refractivity contribution in [3.63, 3.8) is 0 Å². The number of carbonyl (C=O) groups is 1. The lowest BCUT2D eigenvalue weighted by Gasteiger charge is -2.03. The van der Waals surface area contributed by atoms with Gasteiger partial charge < -0.3 is 0 Å². The molecule has 0 aliphatic heterocycles. The predicted octanol–water partition coefficient (Wildman–Crippen LogP) is 5.44. The van der Waals surface area contributed by atoms with E-state index in [1.807, 2.05) is 24.3 Å². The Kier molecular flexibility index (Phi) is 5.58. The Bertz CT molecular complexity index is 845. The van der Waals surface area contributed by atoms with Crippen LogP contribution in [-0.4, -0.2) is 15.9 Å².